The van der Waals surface area contributed by atoms with Gasteiger partial charge < -0.3 is 10.3 Å². The van der Waals surface area contributed by atoms with Gasteiger partial charge in [-0.2, -0.15) is 10.4 Å². The van der Waals surface area contributed by atoms with Crippen molar-refractivity contribution in [2.75, 3.05) is 11.5 Å². The highest BCUT2D eigenvalue weighted by molar-refractivity contribution is 7.91. The fourth-order valence-corrected chi connectivity index (χ4v) is 1.68. The highest BCUT2D eigenvalue weighted by Gasteiger charge is 2.21. The van der Waals surface area contributed by atoms with Crippen LogP contribution in [-0.4, -0.2) is 20.5 Å². The minimum atomic E-state index is -1.22. The van der Waals surface area contributed by atoms with Gasteiger partial charge in [-0.3, -0.25) is 5.10 Å². The summed E-state index contributed by atoms with van der Waals surface area (Å²) in [7, 11) is 0. The molecule has 5 nitrogen and oxygen atoms in total. The third-order valence-corrected chi connectivity index (χ3v) is 2.74. The van der Waals surface area contributed by atoms with Gasteiger partial charge in [-0.1, -0.05) is 0 Å². The molecule has 0 aliphatic rings. The van der Waals surface area contributed by atoms with Crippen LogP contribution in [-0.2, 0) is 11.2 Å². The lowest BCUT2D eigenvalue weighted by atomic mass is 10.4. The number of nitrogen functional groups attached to an aromatic ring is 1. The predicted molar refractivity (Wildman–Crippen MR) is 44.7 cm³/mol. The summed E-state index contributed by atoms with van der Waals surface area (Å²) in [4.78, 5) is 0.319. The van der Waals surface area contributed by atoms with Gasteiger partial charge in [0.15, 0.2) is 5.82 Å². The first-order valence-corrected chi connectivity index (χ1v) is 4.65. The van der Waals surface area contributed by atoms with Crippen molar-refractivity contribution < 1.29 is 4.55 Å². The third-order valence-electron chi connectivity index (χ3n) is 1.34. The molecule has 0 aliphatic heterocycles. The Kier molecular flexibility index (Phi) is 2.58. The number of H-pyrrole nitrogens is 1. The van der Waals surface area contributed by atoms with Crippen molar-refractivity contribution in [3.05, 3.63) is 5.69 Å². The molecule has 1 rings (SSSR count). The standard InChI is InChI=1S/C6H8N4OS/c1-2-12(11)5-4(3-7)9-10-6(5)8/h2H2,1H3,(H3,8,9,10). The quantitative estimate of drug-likeness (QED) is 0.631. The molecule has 0 aliphatic carbocycles. The molecule has 1 atom stereocenters. The average Bonchev–Trinajstić information content (AvgIpc) is 2.45. The minimum Gasteiger partial charge on any atom is -0.611 e. The summed E-state index contributed by atoms with van der Waals surface area (Å²) in [5.74, 6) is 0.644. The van der Waals surface area contributed by atoms with Gasteiger partial charge in [-0.25, -0.2) is 0 Å². The molecule has 1 unspecified atom stereocenters. The molecule has 1 aromatic rings. The second-order valence-corrected chi connectivity index (χ2v) is 3.74. The topological polar surface area (TPSA) is 102 Å². The highest BCUT2D eigenvalue weighted by atomic mass is 32.2. The van der Waals surface area contributed by atoms with Crippen molar-refractivity contribution >= 4 is 17.0 Å². The molecule has 0 amide bonds. The van der Waals surface area contributed by atoms with Crippen molar-refractivity contribution in [3.8, 4) is 6.07 Å². The summed E-state index contributed by atoms with van der Waals surface area (Å²) in [5.41, 5.74) is 5.55. The number of nitrogens with zero attached hydrogens (tertiary/aromatic N) is 2. The molecule has 64 valence electrons. The largest absolute Gasteiger partial charge is 0.611 e. The predicted octanol–water partition coefficient (Wildman–Crippen LogP) is -0.00892. The Balaban J connectivity index is 3.12. The number of nitrogens with one attached hydrogen (secondary N) is 1. The lowest BCUT2D eigenvalue weighted by molar-refractivity contribution is 0.596. The van der Waals surface area contributed by atoms with E-state index in [-0.39, 0.29) is 11.5 Å². The number of aromatic amines is 1. The molecule has 12 heavy (non-hydrogen) atoms. The molecule has 6 heteroatoms. The molecular formula is C6H8N4OS. The van der Waals surface area contributed by atoms with Gasteiger partial charge >= 0.3 is 0 Å². The monoisotopic (exact) mass is 184 g/mol. The van der Waals surface area contributed by atoms with Gasteiger partial charge in [-0.15, -0.1) is 0 Å². The van der Waals surface area contributed by atoms with E-state index in [9.17, 15) is 4.55 Å². The van der Waals surface area contributed by atoms with Crippen LogP contribution in [0.3, 0.4) is 0 Å². The highest BCUT2D eigenvalue weighted by Crippen LogP contribution is 2.20. The van der Waals surface area contributed by atoms with Crippen LogP contribution in [0.25, 0.3) is 0 Å². The number of rotatable bonds is 2. The Labute approximate surface area is 72.8 Å². The maximum Gasteiger partial charge on any atom is 0.232 e. The second kappa shape index (κ2) is 3.47. The van der Waals surface area contributed by atoms with Crippen LogP contribution in [0.5, 0.6) is 0 Å². The van der Waals surface area contributed by atoms with Gasteiger partial charge in [0, 0.05) is 0 Å². The number of anilines is 1. The molecule has 0 fully saturated rings. The average molecular weight is 184 g/mol. The van der Waals surface area contributed by atoms with E-state index in [2.05, 4.69) is 10.2 Å². The van der Waals surface area contributed by atoms with Crippen LogP contribution in [0.1, 0.15) is 12.6 Å². The van der Waals surface area contributed by atoms with E-state index in [0.717, 1.165) is 0 Å². The van der Waals surface area contributed by atoms with E-state index in [1.54, 1.807) is 6.92 Å². The molecule has 0 radical (unpaired) electrons. The third kappa shape index (κ3) is 1.37. The molecule has 1 aromatic heterocycles. The first kappa shape index (κ1) is 8.90. The van der Waals surface area contributed by atoms with Crippen LogP contribution in [0.4, 0.5) is 5.82 Å². The Hall–Kier alpha value is -1.19. The Morgan fingerprint density at radius 1 is 1.83 bits per heavy atom. The first-order valence-electron chi connectivity index (χ1n) is 3.33. The van der Waals surface area contributed by atoms with Crippen molar-refractivity contribution in [2.24, 2.45) is 0 Å². The molecule has 0 saturated heterocycles. The molecule has 0 aromatic carbocycles. The fourth-order valence-electron chi connectivity index (χ4n) is 0.796. The van der Waals surface area contributed by atoms with Crippen molar-refractivity contribution in [3.63, 3.8) is 0 Å². The van der Waals surface area contributed by atoms with Crippen molar-refractivity contribution in [1.29, 1.82) is 5.26 Å². The number of hydrogen-bond acceptors (Lipinski definition) is 4. The van der Waals surface area contributed by atoms with E-state index in [4.69, 9.17) is 11.0 Å². The van der Waals surface area contributed by atoms with Crippen LogP contribution < -0.4 is 5.73 Å². The minimum absolute atomic E-state index is 0.118. The van der Waals surface area contributed by atoms with E-state index in [1.807, 2.05) is 6.07 Å². The zero-order chi connectivity index (χ0) is 9.14. The Morgan fingerprint density at radius 3 is 3.00 bits per heavy atom. The summed E-state index contributed by atoms with van der Waals surface area (Å²) in [6.07, 6.45) is 0. The zero-order valence-corrected chi connectivity index (χ0v) is 7.31. The lowest BCUT2D eigenvalue weighted by Gasteiger charge is -2.05. The van der Waals surface area contributed by atoms with E-state index in [0.29, 0.717) is 10.6 Å². The zero-order valence-electron chi connectivity index (χ0n) is 6.50. The van der Waals surface area contributed by atoms with Crippen molar-refractivity contribution in [1.82, 2.24) is 10.2 Å². The molecule has 0 saturated carbocycles. The second-order valence-electron chi connectivity index (χ2n) is 2.06. The summed E-state index contributed by atoms with van der Waals surface area (Å²) < 4.78 is 11.3. The van der Waals surface area contributed by atoms with Crippen LogP contribution in [0.15, 0.2) is 4.90 Å². The van der Waals surface area contributed by atoms with E-state index in [1.165, 1.54) is 0 Å². The number of nitrogens with two attached hydrogens (primary N) is 1. The molecular weight excluding hydrogens is 176 g/mol. The maximum atomic E-state index is 11.3. The summed E-state index contributed by atoms with van der Waals surface area (Å²) >= 11 is -1.22. The van der Waals surface area contributed by atoms with Crippen LogP contribution >= 0.6 is 0 Å². The number of aromatic nitrogens is 2. The van der Waals surface area contributed by atoms with Gasteiger partial charge in [0.05, 0.1) is 0 Å². The van der Waals surface area contributed by atoms with Crippen molar-refractivity contribution in [2.45, 2.75) is 11.8 Å². The molecule has 3 N–H and O–H groups in total. The maximum absolute atomic E-state index is 11.3. The first-order chi connectivity index (χ1) is 5.70. The van der Waals surface area contributed by atoms with E-state index >= 15 is 0 Å². The lowest BCUT2D eigenvalue weighted by Crippen LogP contribution is -2.07. The normalized spacial score (nSPS) is 12.4. The summed E-state index contributed by atoms with van der Waals surface area (Å²) in [6.45, 7) is 1.75. The van der Waals surface area contributed by atoms with Crippen LogP contribution in [0, 0.1) is 11.3 Å². The summed E-state index contributed by atoms with van der Waals surface area (Å²) in [5, 5.41) is 14.6. The smallest absolute Gasteiger partial charge is 0.232 e. The Morgan fingerprint density at radius 2 is 2.50 bits per heavy atom. The Bertz CT molecular complexity index is 316. The molecule has 1 heterocycles. The van der Waals surface area contributed by atoms with Gasteiger partial charge in [0.1, 0.15) is 11.8 Å². The van der Waals surface area contributed by atoms with Crippen LogP contribution in [0.2, 0.25) is 0 Å². The van der Waals surface area contributed by atoms with Gasteiger partial charge in [0.25, 0.3) is 0 Å². The summed E-state index contributed by atoms with van der Waals surface area (Å²) in [6, 6.07) is 1.82. The van der Waals surface area contributed by atoms with Gasteiger partial charge in [0.2, 0.25) is 10.6 Å². The van der Waals surface area contributed by atoms with E-state index < -0.39 is 11.2 Å². The molecule has 0 spiro atoms. The molecule has 0 bridgehead atoms. The van der Waals surface area contributed by atoms with Gasteiger partial charge in [-0.05, 0) is 18.1 Å². The number of nitriles is 1. The SMILES string of the molecule is CC[S+]([O-])c1c(C#N)n[nH]c1N. The number of hydrogen-bond donors (Lipinski definition) is 2. The fraction of sp³-hybridized carbons (Fsp3) is 0.333.